The number of anilines is 1. The molecule has 1 fully saturated rings. The van der Waals surface area contributed by atoms with E-state index in [0.717, 1.165) is 4.57 Å². The summed E-state index contributed by atoms with van der Waals surface area (Å²) in [7, 11) is 0. The summed E-state index contributed by atoms with van der Waals surface area (Å²) in [6.45, 7) is 1.37. The van der Waals surface area contributed by atoms with Gasteiger partial charge in [0.15, 0.2) is 6.23 Å². The number of amides is 1. The highest BCUT2D eigenvalue weighted by Crippen LogP contribution is 2.28. The molecule has 0 saturated carbocycles. The fraction of sp³-hybridized carbons (Fsp3) is 0.615. The molecule has 2 heterocycles. The molecule has 0 bridgehead atoms. The monoisotopic (exact) mass is 313 g/mol. The first kappa shape index (κ1) is 16.6. The second kappa shape index (κ2) is 6.97. The predicted molar refractivity (Wildman–Crippen MR) is 75.0 cm³/mol. The molecule has 9 heteroatoms. The Bertz CT molecular complexity index is 589. The van der Waals surface area contributed by atoms with Crippen LogP contribution in [0.5, 0.6) is 0 Å². The van der Waals surface area contributed by atoms with E-state index in [1.54, 1.807) is 0 Å². The van der Waals surface area contributed by atoms with Gasteiger partial charge in [0.2, 0.25) is 5.91 Å². The van der Waals surface area contributed by atoms with E-state index in [1.807, 2.05) is 6.92 Å². The van der Waals surface area contributed by atoms with Gasteiger partial charge in [0.25, 0.3) is 0 Å². The number of nitrogens with zero attached hydrogens (tertiary/aromatic N) is 2. The molecule has 1 amide bonds. The largest absolute Gasteiger partial charge is 0.394 e. The first-order valence-electron chi connectivity index (χ1n) is 6.99. The average molecular weight is 313 g/mol. The zero-order valence-corrected chi connectivity index (χ0v) is 12.0. The lowest BCUT2D eigenvalue weighted by molar-refractivity contribution is -0.116. The number of carbonyl (C=O) groups excluding carboxylic acids is 1. The van der Waals surface area contributed by atoms with E-state index in [-0.39, 0.29) is 11.7 Å². The first-order chi connectivity index (χ1) is 10.5. The molecule has 9 nitrogen and oxygen atoms in total. The third-order valence-corrected chi connectivity index (χ3v) is 3.37. The minimum atomic E-state index is -1.36. The summed E-state index contributed by atoms with van der Waals surface area (Å²) in [5, 5.41) is 31.1. The van der Waals surface area contributed by atoms with Gasteiger partial charge in [-0.05, 0) is 12.5 Å². The van der Waals surface area contributed by atoms with E-state index in [2.05, 4.69) is 10.3 Å². The van der Waals surface area contributed by atoms with E-state index < -0.39 is 36.8 Å². The molecule has 1 aromatic rings. The van der Waals surface area contributed by atoms with Crippen LogP contribution in [0.25, 0.3) is 0 Å². The molecule has 4 atom stereocenters. The third-order valence-electron chi connectivity index (χ3n) is 3.37. The van der Waals surface area contributed by atoms with Crippen LogP contribution in [0, 0.1) is 0 Å². The number of hydrogen-bond donors (Lipinski definition) is 4. The molecule has 1 aliphatic heterocycles. The van der Waals surface area contributed by atoms with E-state index in [9.17, 15) is 19.8 Å². The van der Waals surface area contributed by atoms with E-state index in [0.29, 0.717) is 12.8 Å². The number of aliphatic hydroxyl groups excluding tert-OH is 3. The summed E-state index contributed by atoms with van der Waals surface area (Å²) < 4.78 is 6.25. The van der Waals surface area contributed by atoms with Crippen molar-refractivity contribution >= 4 is 11.7 Å². The molecule has 0 aliphatic carbocycles. The number of aromatic nitrogens is 2. The molecule has 122 valence electrons. The van der Waals surface area contributed by atoms with Crippen LogP contribution in [-0.2, 0) is 9.53 Å². The minimum Gasteiger partial charge on any atom is -0.394 e. The normalized spacial score (nSPS) is 27.8. The van der Waals surface area contributed by atoms with Crippen LogP contribution in [0.4, 0.5) is 5.82 Å². The molecular weight excluding hydrogens is 294 g/mol. The summed E-state index contributed by atoms with van der Waals surface area (Å²) in [6.07, 6.45) is -2.49. The Morgan fingerprint density at radius 1 is 1.45 bits per heavy atom. The summed E-state index contributed by atoms with van der Waals surface area (Å²) in [4.78, 5) is 27.1. The van der Waals surface area contributed by atoms with Crippen LogP contribution >= 0.6 is 0 Å². The predicted octanol–water partition coefficient (Wildman–Crippen LogP) is -1.41. The standard InChI is InChI=1S/C13H19N3O6/c1-2-3-9(18)14-8-4-5-16(13(21)15-8)12-11(20)10(19)7(6-17)22-12/h4-5,7,10-12,17,19-20H,2-3,6H2,1H3,(H,14,15,18,21). The van der Waals surface area contributed by atoms with E-state index in [1.165, 1.54) is 12.3 Å². The topological polar surface area (TPSA) is 134 Å². The van der Waals surface area contributed by atoms with Crippen molar-refractivity contribution in [3.8, 4) is 0 Å². The summed E-state index contributed by atoms with van der Waals surface area (Å²) >= 11 is 0. The van der Waals surface area contributed by atoms with Gasteiger partial charge in [-0.25, -0.2) is 4.79 Å². The van der Waals surface area contributed by atoms with Crippen LogP contribution in [0.3, 0.4) is 0 Å². The van der Waals surface area contributed by atoms with Crippen LogP contribution in [0.1, 0.15) is 26.0 Å². The molecule has 1 aliphatic rings. The maximum atomic E-state index is 12.0. The van der Waals surface area contributed by atoms with Gasteiger partial charge in [0, 0.05) is 12.6 Å². The quantitative estimate of drug-likeness (QED) is 0.525. The van der Waals surface area contributed by atoms with Gasteiger partial charge >= 0.3 is 5.69 Å². The summed E-state index contributed by atoms with van der Waals surface area (Å²) in [5.74, 6) is -0.147. The van der Waals surface area contributed by atoms with Crippen LogP contribution in [-0.4, -0.2) is 55.7 Å². The second-order valence-electron chi connectivity index (χ2n) is 5.03. The highest BCUT2D eigenvalue weighted by atomic mass is 16.6. The third kappa shape index (κ3) is 3.33. The Kier molecular flexibility index (Phi) is 5.24. The maximum absolute atomic E-state index is 12.0. The van der Waals surface area contributed by atoms with Gasteiger partial charge in [-0.1, -0.05) is 6.92 Å². The number of rotatable bonds is 5. The fourth-order valence-electron chi connectivity index (χ4n) is 2.22. The molecule has 4 unspecified atom stereocenters. The average Bonchev–Trinajstić information content (AvgIpc) is 2.75. The van der Waals surface area contributed by atoms with E-state index >= 15 is 0 Å². The minimum absolute atomic E-state index is 0.103. The van der Waals surface area contributed by atoms with Crippen molar-refractivity contribution in [1.82, 2.24) is 9.55 Å². The van der Waals surface area contributed by atoms with Gasteiger partial charge in [0.05, 0.1) is 6.61 Å². The van der Waals surface area contributed by atoms with Crippen molar-refractivity contribution in [1.29, 1.82) is 0 Å². The zero-order valence-electron chi connectivity index (χ0n) is 12.0. The molecule has 0 spiro atoms. The lowest BCUT2D eigenvalue weighted by atomic mass is 10.1. The molecule has 0 radical (unpaired) electrons. The van der Waals surface area contributed by atoms with Crippen molar-refractivity contribution in [3.63, 3.8) is 0 Å². The first-order valence-corrected chi connectivity index (χ1v) is 6.99. The zero-order chi connectivity index (χ0) is 16.3. The molecule has 4 N–H and O–H groups in total. The molecule has 22 heavy (non-hydrogen) atoms. The van der Waals surface area contributed by atoms with Gasteiger partial charge in [-0.2, -0.15) is 4.98 Å². The highest BCUT2D eigenvalue weighted by Gasteiger charge is 2.43. The molecular formula is C13H19N3O6. The molecule has 0 aromatic carbocycles. The van der Waals surface area contributed by atoms with Crippen molar-refractivity contribution in [2.75, 3.05) is 11.9 Å². The Morgan fingerprint density at radius 2 is 2.18 bits per heavy atom. The van der Waals surface area contributed by atoms with Crippen molar-refractivity contribution < 1.29 is 24.9 Å². The Balaban J connectivity index is 2.17. The number of hydrogen-bond acceptors (Lipinski definition) is 7. The summed E-state index contributed by atoms with van der Waals surface area (Å²) in [5.41, 5.74) is -0.746. The number of nitrogens with one attached hydrogen (secondary N) is 1. The van der Waals surface area contributed by atoms with Crippen LogP contribution in [0.15, 0.2) is 17.1 Å². The van der Waals surface area contributed by atoms with Gasteiger partial charge in [-0.3, -0.25) is 9.36 Å². The Morgan fingerprint density at radius 3 is 2.73 bits per heavy atom. The Labute approximate surface area is 126 Å². The summed E-state index contributed by atoms with van der Waals surface area (Å²) in [6, 6.07) is 1.39. The van der Waals surface area contributed by atoms with Gasteiger partial charge < -0.3 is 25.4 Å². The lowest BCUT2D eigenvalue weighted by Gasteiger charge is -2.17. The Hall–Kier alpha value is -1.81. The van der Waals surface area contributed by atoms with Gasteiger partial charge in [-0.15, -0.1) is 0 Å². The number of ether oxygens (including phenoxy) is 1. The van der Waals surface area contributed by atoms with Crippen LogP contribution in [0.2, 0.25) is 0 Å². The van der Waals surface area contributed by atoms with Crippen molar-refractivity contribution in [2.45, 2.75) is 44.3 Å². The van der Waals surface area contributed by atoms with Crippen molar-refractivity contribution in [3.05, 3.63) is 22.7 Å². The number of aliphatic hydroxyl groups is 3. The molecule has 2 rings (SSSR count). The SMILES string of the molecule is CCCC(=O)Nc1ccn(C2OC(CO)C(O)C2O)c(=O)n1. The lowest BCUT2D eigenvalue weighted by Crippen LogP contribution is -2.36. The maximum Gasteiger partial charge on any atom is 0.351 e. The van der Waals surface area contributed by atoms with Crippen LogP contribution < -0.4 is 11.0 Å². The second-order valence-corrected chi connectivity index (χ2v) is 5.03. The smallest absolute Gasteiger partial charge is 0.351 e. The van der Waals surface area contributed by atoms with Gasteiger partial charge in [0.1, 0.15) is 24.1 Å². The fourth-order valence-corrected chi connectivity index (χ4v) is 2.22. The van der Waals surface area contributed by atoms with Crippen molar-refractivity contribution in [2.24, 2.45) is 0 Å². The molecule has 1 aromatic heterocycles. The highest BCUT2D eigenvalue weighted by molar-refractivity contribution is 5.89. The number of carbonyl (C=O) groups is 1. The van der Waals surface area contributed by atoms with E-state index in [4.69, 9.17) is 9.84 Å². The molecule has 1 saturated heterocycles.